The molecule has 1 aromatic carbocycles. The topological polar surface area (TPSA) is 78.8 Å². The van der Waals surface area contributed by atoms with Crippen LogP contribution in [0.3, 0.4) is 0 Å². The molecule has 0 aliphatic heterocycles. The molecule has 3 N–H and O–H groups in total. The van der Waals surface area contributed by atoms with E-state index >= 15 is 0 Å². The van der Waals surface area contributed by atoms with E-state index in [0.717, 1.165) is 36.5 Å². The second-order valence-corrected chi connectivity index (χ2v) is 5.51. The molecular formula is C19H26N4O2. The van der Waals surface area contributed by atoms with E-state index in [1.54, 1.807) is 13.3 Å². The first-order chi connectivity index (χ1) is 12.2. The summed E-state index contributed by atoms with van der Waals surface area (Å²) >= 11 is 0. The highest BCUT2D eigenvalue weighted by molar-refractivity contribution is 5.79. The van der Waals surface area contributed by atoms with Gasteiger partial charge in [0.15, 0.2) is 5.96 Å². The first kappa shape index (κ1) is 18.7. The predicted octanol–water partition coefficient (Wildman–Crippen LogP) is 1.92. The summed E-state index contributed by atoms with van der Waals surface area (Å²) in [5.74, 6) is 1.40. The van der Waals surface area contributed by atoms with Crippen molar-refractivity contribution >= 4 is 5.96 Å². The maximum Gasteiger partial charge on any atom is 0.191 e. The van der Waals surface area contributed by atoms with Crippen LogP contribution in [0.5, 0.6) is 5.75 Å². The molecule has 0 spiro atoms. The number of aromatic nitrogens is 1. The number of ether oxygens (including phenoxy) is 1. The highest BCUT2D eigenvalue weighted by Gasteiger charge is 2.08. The lowest BCUT2D eigenvalue weighted by molar-refractivity contribution is 0.186. The van der Waals surface area contributed by atoms with E-state index in [9.17, 15) is 5.11 Å². The van der Waals surface area contributed by atoms with Crippen LogP contribution in [0.4, 0.5) is 0 Å². The minimum Gasteiger partial charge on any atom is -0.497 e. The van der Waals surface area contributed by atoms with Crippen molar-refractivity contribution in [1.82, 2.24) is 15.6 Å². The van der Waals surface area contributed by atoms with Gasteiger partial charge in [0.1, 0.15) is 5.75 Å². The Morgan fingerprint density at radius 3 is 2.84 bits per heavy atom. The number of methoxy groups -OCH3 is 1. The fraction of sp³-hybridized carbons (Fsp3) is 0.368. The largest absolute Gasteiger partial charge is 0.497 e. The maximum absolute atomic E-state index is 10.3. The molecule has 1 atom stereocenters. The lowest BCUT2D eigenvalue weighted by Crippen LogP contribution is -2.38. The van der Waals surface area contributed by atoms with Crippen LogP contribution in [-0.2, 0) is 6.42 Å². The van der Waals surface area contributed by atoms with Gasteiger partial charge in [-0.05, 0) is 36.8 Å². The molecule has 6 nitrogen and oxygen atoms in total. The monoisotopic (exact) mass is 342 g/mol. The predicted molar refractivity (Wildman–Crippen MR) is 99.9 cm³/mol. The SMILES string of the molecule is CCNC(=NCC(O)c1cccc(OC)c1)NCCc1ccccn1. The lowest BCUT2D eigenvalue weighted by atomic mass is 10.1. The summed E-state index contributed by atoms with van der Waals surface area (Å²) in [5, 5.41) is 16.8. The molecule has 0 bridgehead atoms. The van der Waals surface area contributed by atoms with Crippen LogP contribution in [0.25, 0.3) is 0 Å². The minimum absolute atomic E-state index is 0.270. The number of aliphatic hydroxyl groups is 1. The van der Waals surface area contributed by atoms with Crippen molar-refractivity contribution in [3.8, 4) is 5.75 Å². The fourth-order valence-electron chi connectivity index (χ4n) is 2.33. The Morgan fingerprint density at radius 1 is 1.24 bits per heavy atom. The molecule has 0 saturated carbocycles. The second-order valence-electron chi connectivity index (χ2n) is 5.51. The van der Waals surface area contributed by atoms with Crippen LogP contribution in [0.2, 0.25) is 0 Å². The first-order valence-electron chi connectivity index (χ1n) is 8.47. The van der Waals surface area contributed by atoms with Crippen molar-refractivity contribution in [2.24, 2.45) is 4.99 Å². The zero-order valence-corrected chi connectivity index (χ0v) is 14.8. The third-order valence-electron chi connectivity index (χ3n) is 3.64. The summed E-state index contributed by atoms with van der Waals surface area (Å²) < 4.78 is 5.19. The summed E-state index contributed by atoms with van der Waals surface area (Å²) in [6.07, 6.45) is 1.92. The standard InChI is InChI=1S/C19H26N4O2/c1-3-20-19(22-12-10-16-8-4-5-11-21-16)23-14-18(24)15-7-6-9-17(13-15)25-2/h4-9,11,13,18,24H,3,10,12,14H2,1-2H3,(H2,20,22,23). The molecule has 2 aromatic rings. The molecule has 0 amide bonds. The van der Waals surface area contributed by atoms with Crippen LogP contribution >= 0.6 is 0 Å². The third-order valence-corrected chi connectivity index (χ3v) is 3.64. The molecular weight excluding hydrogens is 316 g/mol. The van der Waals surface area contributed by atoms with Gasteiger partial charge in [-0.2, -0.15) is 0 Å². The van der Waals surface area contributed by atoms with Crippen molar-refractivity contribution < 1.29 is 9.84 Å². The summed E-state index contributed by atoms with van der Waals surface area (Å²) in [6, 6.07) is 13.3. The number of hydrogen-bond donors (Lipinski definition) is 3. The van der Waals surface area contributed by atoms with E-state index < -0.39 is 6.10 Å². The zero-order chi connectivity index (χ0) is 17.9. The third kappa shape index (κ3) is 6.43. The van der Waals surface area contributed by atoms with Gasteiger partial charge in [0.25, 0.3) is 0 Å². The van der Waals surface area contributed by atoms with Crippen molar-refractivity contribution in [2.45, 2.75) is 19.4 Å². The highest BCUT2D eigenvalue weighted by Crippen LogP contribution is 2.19. The molecule has 1 aromatic heterocycles. The normalized spacial score (nSPS) is 12.5. The Bertz CT molecular complexity index is 661. The van der Waals surface area contributed by atoms with Gasteiger partial charge >= 0.3 is 0 Å². The molecule has 1 heterocycles. The number of guanidine groups is 1. The van der Waals surface area contributed by atoms with Gasteiger partial charge in [-0.3, -0.25) is 9.98 Å². The molecule has 0 fully saturated rings. The van der Waals surface area contributed by atoms with Crippen LogP contribution in [0.15, 0.2) is 53.7 Å². The van der Waals surface area contributed by atoms with E-state index in [0.29, 0.717) is 5.96 Å². The number of pyridine rings is 1. The Morgan fingerprint density at radius 2 is 2.12 bits per heavy atom. The van der Waals surface area contributed by atoms with Crippen molar-refractivity contribution in [3.05, 3.63) is 59.9 Å². The summed E-state index contributed by atoms with van der Waals surface area (Å²) in [6.45, 7) is 3.75. The summed E-state index contributed by atoms with van der Waals surface area (Å²) in [7, 11) is 1.61. The van der Waals surface area contributed by atoms with Gasteiger partial charge in [0.05, 0.1) is 19.8 Å². The van der Waals surface area contributed by atoms with Crippen molar-refractivity contribution in [3.63, 3.8) is 0 Å². The molecule has 134 valence electrons. The number of hydrogen-bond acceptors (Lipinski definition) is 4. The number of nitrogens with one attached hydrogen (secondary N) is 2. The molecule has 0 aliphatic carbocycles. The number of benzene rings is 1. The van der Waals surface area contributed by atoms with E-state index in [2.05, 4.69) is 20.6 Å². The zero-order valence-electron chi connectivity index (χ0n) is 14.8. The number of rotatable bonds is 8. The van der Waals surface area contributed by atoms with Gasteiger partial charge in [0.2, 0.25) is 0 Å². The van der Waals surface area contributed by atoms with Gasteiger partial charge in [0, 0.05) is 31.4 Å². The van der Waals surface area contributed by atoms with Crippen LogP contribution in [0.1, 0.15) is 24.3 Å². The molecule has 0 aliphatic rings. The Balaban J connectivity index is 1.89. The average molecular weight is 342 g/mol. The average Bonchev–Trinajstić information content (AvgIpc) is 2.66. The van der Waals surface area contributed by atoms with E-state index in [-0.39, 0.29) is 6.54 Å². The molecule has 0 saturated heterocycles. The highest BCUT2D eigenvalue weighted by atomic mass is 16.5. The fourth-order valence-corrected chi connectivity index (χ4v) is 2.33. The molecule has 25 heavy (non-hydrogen) atoms. The van der Waals surface area contributed by atoms with Crippen molar-refractivity contribution in [1.29, 1.82) is 0 Å². The minimum atomic E-state index is -0.679. The molecule has 6 heteroatoms. The van der Waals surface area contributed by atoms with Gasteiger partial charge in [-0.1, -0.05) is 18.2 Å². The number of aliphatic imine (C=N–C) groups is 1. The van der Waals surface area contributed by atoms with Gasteiger partial charge < -0.3 is 20.5 Å². The number of aliphatic hydroxyl groups excluding tert-OH is 1. The van der Waals surface area contributed by atoms with E-state index in [1.807, 2.05) is 49.4 Å². The summed E-state index contributed by atoms with van der Waals surface area (Å²) in [4.78, 5) is 8.76. The van der Waals surface area contributed by atoms with Crippen LogP contribution < -0.4 is 15.4 Å². The molecule has 0 radical (unpaired) electrons. The Hall–Kier alpha value is -2.60. The maximum atomic E-state index is 10.3. The van der Waals surface area contributed by atoms with Gasteiger partial charge in [-0.15, -0.1) is 0 Å². The summed E-state index contributed by atoms with van der Waals surface area (Å²) in [5.41, 5.74) is 1.81. The molecule has 1 unspecified atom stereocenters. The number of nitrogens with zero attached hydrogens (tertiary/aromatic N) is 2. The van der Waals surface area contributed by atoms with Gasteiger partial charge in [-0.25, -0.2) is 0 Å². The first-order valence-corrected chi connectivity index (χ1v) is 8.47. The second kappa shape index (κ2) is 10.3. The quantitative estimate of drug-likeness (QED) is 0.505. The van der Waals surface area contributed by atoms with Crippen molar-refractivity contribution in [2.75, 3.05) is 26.7 Å². The lowest BCUT2D eigenvalue weighted by Gasteiger charge is -2.13. The van der Waals surface area contributed by atoms with E-state index in [4.69, 9.17) is 4.74 Å². The molecule has 2 rings (SSSR count). The Kier molecular flexibility index (Phi) is 7.72. The van der Waals surface area contributed by atoms with Crippen LogP contribution in [0, 0.1) is 0 Å². The van der Waals surface area contributed by atoms with E-state index in [1.165, 1.54) is 0 Å². The Labute approximate surface area is 149 Å². The smallest absolute Gasteiger partial charge is 0.191 e. The van der Waals surface area contributed by atoms with Crippen LogP contribution in [-0.4, -0.2) is 42.8 Å².